The summed E-state index contributed by atoms with van der Waals surface area (Å²) in [6.45, 7) is 2.39. The minimum Gasteiger partial charge on any atom is -0.305 e. The largest absolute Gasteiger partial charge is 0.343 e. The number of halogens is 1. The van der Waals surface area contributed by atoms with E-state index in [2.05, 4.69) is 20.8 Å². The van der Waals surface area contributed by atoms with Crippen LogP contribution in [0.5, 0.6) is 0 Å². The summed E-state index contributed by atoms with van der Waals surface area (Å²) in [6.07, 6.45) is 0.740. The predicted molar refractivity (Wildman–Crippen MR) is 87.4 cm³/mol. The Balaban J connectivity index is 1.86. The van der Waals surface area contributed by atoms with E-state index in [1.807, 2.05) is 6.92 Å². The van der Waals surface area contributed by atoms with Gasteiger partial charge in [-0.3, -0.25) is 14.7 Å². The Bertz CT molecular complexity index is 789. The van der Waals surface area contributed by atoms with Gasteiger partial charge in [0.05, 0.1) is 11.4 Å². The molecule has 0 saturated carbocycles. The molecule has 3 amide bonds. The molecule has 0 unspecified atom stereocenters. The summed E-state index contributed by atoms with van der Waals surface area (Å²) in [5.74, 6) is -1.31. The number of urea groups is 1. The van der Waals surface area contributed by atoms with Crippen molar-refractivity contribution in [3.63, 3.8) is 0 Å². The van der Waals surface area contributed by atoms with Gasteiger partial charge in [0, 0.05) is 6.54 Å². The number of H-pyrrole nitrogens is 1. The normalized spacial score (nSPS) is 10.4. The number of anilines is 1. The second kappa shape index (κ2) is 8.29. The van der Waals surface area contributed by atoms with Crippen LogP contribution in [0, 0.1) is 5.82 Å². The Kier molecular flexibility index (Phi) is 6.13. The molecule has 0 atom stereocenters. The van der Waals surface area contributed by atoms with Crippen LogP contribution in [0.15, 0.2) is 34.2 Å². The molecule has 0 saturated heterocycles. The number of aromatic nitrogens is 3. The predicted octanol–water partition coefficient (Wildman–Crippen LogP) is 1.56. The zero-order valence-corrected chi connectivity index (χ0v) is 13.7. The first-order valence-corrected chi connectivity index (χ1v) is 8.13. The van der Waals surface area contributed by atoms with Gasteiger partial charge in [-0.2, -0.15) is 0 Å². The number of para-hydroxylation sites is 1. The molecule has 0 radical (unpaired) electrons. The number of aromatic amines is 1. The fourth-order valence-electron chi connectivity index (χ4n) is 1.84. The maximum Gasteiger partial charge on any atom is 0.343 e. The lowest BCUT2D eigenvalue weighted by Gasteiger charge is -2.07. The number of nitrogens with zero attached hydrogens (tertiary/aromatic N) is 2. The third kappa shape index (κ3) is 4.69. The third-order valence-electron chi connectivity index (χ3n) is 2.88. The topological polar surface area (TPSA) is 109 Å². The lowest BCUT2D eigenvalue weighted by Crippen LogP contribution is -2.35. The number of imide groups is 1. The number of amides is 3. The molecule has 3 N–H and O–H groups in total. The monoisotopic (exact) mass is 353 g/mol. The fraction of sp³-hybridized carbons (Fsp3) is 0.286. The highest BCUT2D eigenvalue weighted by Gasteiger charge is 2.13. The molecule has 0 aliphatic carbocycles. The molecule has 0 spiro atoms. The average molecular weight is 353 g/mol. The van der Waals surface area contributed by atoms with Crippen LogP contribution >= 0.6 is 11.8 Å². The zero-order chi connectivity index (χ0) is 17.5. The van der Waals surface area contributed by atoms with Crippen LogP contribution in [-0.2, 0) is 11.3 Å². The molecule has 2 aromatic rings. The van der Waals surface area contributed by atoms with Crippen molar-refractivity contribution in [3.8, 4) is 0 Å². The number of hydrogen-bond acceptors (Lipinski definition) is 5. The van der Waals surface area contributed by atoms with Crippen LogP contribution in [-0.4, -0.2) is 32.5 Å². The fourth-order valence-corrected chi connectivity index (χ4v) is 2.62. The van der Waals surface area contributed by atoms with Crippen LogP contribution in [0.25, 0.3) is 0 Å². The van der Waals surface area contributed by atoms with Crippen molar-refractivity contribution in [2.24, 2.45) is 0 Å². The molecule has 1 aromatic heterocycles. The number of nitrogens with one attached hydrogen (secondary N) is 3. The molecule has 1 heterocycles. The molecule has 24 heavy (non-hydrogen) atoms. The van der Waals surface area contributed by atoms with Gasteiger partial charge in [0.15, 0.2) is 5.16 Å². The first-order valence-electron chi connectivity index (χ1n) is 7.14. The van der Waals surface area contributed by atoms with Crippen molar-refractivity contribution in [2.75, 3.05) is 11.1 Å². The Morgan fingerprint density at radius 2 is 2.12 bits per heavy atom. The Hall–Kier alpha value is -2.62. The summed E-state index contributed by atoms with van der Waals surface area (Å²) in [7, 11) is 0. The van der Waals surface area contributed by atoms with E-state index in [1.54, 1.807) is 6.07 Å². The highest BCUT2D eigenvalue weighted by Crippen LogP contribution is 2.14. The van der Waals surface area contributed by atoms with Gasteiger partial charge in [0.1, 0.15) is 5.82 Å². The van der Waals surface area contributed by atoms with Gasteiger partial charge in [-0.25, -0.2) is 19.1 Å². The molecule has 2 rings (SSSR count). The molecule has 8 nitrogen and oxygen atoms in total. The summed E-state index contributed by atoms with van der Waals surface area (Å²) in [5.41, 5.74) is -0.378. The van der Waals surface area contributed by atoms with Crippen molar-refractivity contribution in [1.82, 2.24) is 20.1 Å². The molecule has 0 bridgehead atoms. The van der Waals surface area contributed by atoms with Crippen molar-refractivity contribution in [3.05, 3.63) is 40.6 Å². The molecule has 0 fully saturated rings. The summed E-state index contributed by atoms with van der Waals surface area (Å²) >= 11 is 1.02. The summed E-state index contributed by atoms with van der Waals surface area (Å²) < 4.78 is 14.8. The molecule has 1 aromatic carbocycles. The lowest BCUT2D eigenvalue weighted by atomic mass is 10.3. The van der Waals surface area contributed by atoms with E-state index in [-0.39, 0.29) is 17.1 Å². The van der Waals surface area contributed by atoms with E-state index in [0.29, 0.717) is 11.7 Å². The Labute approximate surface area is 140 Å². The molecule has 10 heteroatoms. The van der Waals surface area contributed by atoms with Gasteiger partial charge in [0.2, 0.25) is 5.91 Å². The first-order chi connectivity index (χ1) is 11.5. The lowest BCUT2D eigenvalue weighted by molar-refractivity contribution is -0.117. The molecular formula is C14H16FN5O3S. The SMILES string of the molecule is CCCn1c(SCC(=O)NC(=O)Nc2ccccc2F)n[nH]c1=O. The highest BCUT2D eigenvalue weighted by atomic mass is 32.2. The minimum absolute atomic E-state index is 0.0282. The molecule has 128 valence electrons. The molecule has 0 aliphatic heterocycles. The number of carbonyl (C=O) groups excluding carboxylic acids is 2. The van der Waals surface area contributed by atoms with Crippen LogP contribution in [0.2, 0.25) is 0 Å². The van der Waals surface area contributed by atoms with E-state index in [0.717, 1.165) is 18.2 Å². The number of benzene rings is 1. The average Bonchev–Trinajstić information content (AvgIpc) is 2.88. The Morgan fingerprint density at radius 3 is 2.83 bits per heavy atom. The third-order valence-corrected chi connectivity index (χ3v) is 3.85. The summed E-state index contributed by atoms with van der Waals surface area (Å²) in [6, 6.07) is 4.78. The van der Waals surface area contributed by atoms with E-state index in [1.165, 1.54) is 22.8 Å². The summed E-state index contributed by atoms with van der Waals surface area (Å²) in [4.78, 5) is 34.9. The van der Waals surface area contributed by atoms with Gasteiger partial charge >= 0.3 is 11.7 Å². The number of carbonyl (C=O) groups is 2. The van der Waals surface area contributed by atoms with Crippen molar-refractivity contribution < 1.29 is 14.0 Å². The smallest absolute Gasteiger partial charge is 0.305 e. The van der Waals surface area contributed by atoms with Gasteiger partial charge in [0.25, 0.3) is 0 Å². The second-order valence-corrected chi connectivity index (χ2v) is 5.68. The minimum atomic E-state index is -0.835. The first kappa shape index (κ1) is 17.7. The summed E-state index contributed by atoms with van der Waals surface area (Å²) in [5, 5.41) is 10.8. The van der Waals surface area contributed by atoms with Crippen molar-refractivity contribution in [1.29, 1.82) is 0 Å². The number of rotatable bonds is 6. The van der Waals surface area contributed by atoms with Crippen molar-refractivity contribution in [2.45, 2.75) is 25.0 Å². The second-order valence-electron chi connectivity index (χ2n) is 4.73. The number of hydrogen-bond donors (Lipinski definition) is 3. The van der Waals surface area contributed by atoms with E-state index >= 15 is 0 Å². The van der Waals surface area contributed by atoms with Crippen LogP contribution in [0.1, 0.15) is 13.3 Å². The number of thioether (sulfide) groups is 1. The standard InChI is InChI=1S/C14H16FN5O3S/c1-2-7-20-13(23)18-19-14(20)24-8-11(21)17-12(22)16-10-6-4-3-5-9(10)15/h3-6H,2,7-8H2,1H3,(H,18,23)(H2,16,17,21,22). The zero-order valence-electron chi connectivity index (χ0n) is 12.8. The Morgan fingerprint density at radius 1 is 1.38 bits per heavy atom. The van der Waals surface area contributed by atoms with Gasteiger partial charge < -0.3 is 5.32 Å². The van der Waals surface area contributed by atoms with Gasteiger partial charge in [-0.15, -0.1) is 5.10 Å². The van der Waals surface area contributed by atoms with Crippen molar-refractivity contribution >= 4 is 29.4 Å². The maximum absolute atomic E-state index is 13.4. The van der Waals surface area contributed by atoms with E-state index in [4.69, 9.17) is 0 Å². The van der Waals surface area contributed by atoms with E-state index < -0.39 is 17.8 Å². The maximum atomic E-state index is 13.4. The quantitative estimate of drug-likeness (QED) is 0.683. The van der Waals surface area contributed by atoms with Crippen LogP contribution < -0.4 is 16.3 Å². The van der Waals surface area contributed by atoms with E-state index in [9.17, 15) is 18.8 Å². The van der Waals surface area contributed by atoms with Gasteiger partial charge in [-0.1, -0.05) is 30.8 Å². The molecule has 0 aliphatic rings. The molecular weight excluding hydrogens is 337 g/mol. The van der Waals surface area contributed by atoms with Crippen LogP contribution in [0.3, 0.4) is 0 Å². The van der Waals surface area contributed by atoms with Gasteiger partial charge in [-0.05, 0) is 18.6 Å². The van der Waals surface area contributed by atoms with Crippen LogP contribution in [0.4, 0.5) is 14.9 Å². The highest BCUT2D eigenvalue weighted by molar-refractivity contribution is 7.99.